The van der Waals surface area contributed by atoms with Gasteiger partial charge in [-0.05, 0) is 49.7 Å². The molecule has 0 bridgehead atoms. The van der Waals surface area contributed by atoms with Crippen LogP contribution in [0.15, 0.2) is 59.6 Å². The predicted octanol–water partition coefficient (Wildman–Crippen LogP) is 3.60. The van der Waals surface area contributed by atoms with Crippen LogP contribution in [0.2, 0.25) is 0 Å². The van der Waals surface area contributed by atoms with Gasteiger partial charge in [-0.25, -0.2) is 9.67 Å². The van der Waals surface area contributed by atoms with Gasteiger partial charge in [-0.1, -0.05) is 0 Å². The van der Waals surface area contributed by atoms with Gasteiger partial charge in [0.25, 0.3) is 5.91 Å². The van der Waals surface area contributed by atoms with Crippen molar-refractivity contribution in [1.29, 1.82) is 0 Å². The number of rotatable bonds is 5. The number of pyridine rings is 2. The molecule has 1 N–H and O–H groups in total. The van der Waals surface area contributed by atoms with Crippen LogP contribution in [0.3, 0.4) is 0 Å². The molecule has 0 aliphatic heterocycles. The van der Waals surface area contributed by atoms with Gasteiger partial charge in [0.15, 0.2) is 11.4 Å². The van der Waals surface area contributed by atoms with E-state index >= 15 is 0 Å². The second-order valence-corrected chi connectivity index (χ2v) is 6.49. The van der Waals surface area contributed by atoms with Crippen molar-refractivity contribution in [2.24, 2.45) is 0 Å². The van der Waals surface area contributed by atoms with Crippen molar-refractivity contribution in [3.05, 3.63) is 66.3 Å². The van der Waals surface area contributed by atoms with E-state index in [-0.39, 0.29) is 11.9 Å². The average molecular weight is 361 g/mol. The lowest BCUT2D eigenvalue weighted by Gasteiger charge is -2.10. The number of hydrogen-bond donors (Lipinski definition) is 1. The van der Waals surface area contributed by atoms with Gasteiger partial charge in [-0.15, -0.1) is 0 Å². The molecule has 7 nitrogen and oxygen atoms in total. The Hall–Kier alpha value is -3.48. The smallest absolute Gasteiger partial charge is 0.252 e. The first-order valence-electron chi connectivity index (χ1n) is 8.72. The molecule has 0 saturated heterocycles. The molecule has 0 atom stereocenters. The molecule has 0 radical (unpaired) electrons. The molecule has 0 spiro atoms. The Morgan fingerprint density at radius 3 is 2.78 bits per heavy atom. The summed E-state index contributed by atoms with van der Waals surface area (Å²) < 4.78 is 7.29. The summed E-state index contributed by atoms with van der Waals surface area (Å²) in [6.45, 7) is 4.47. The molecule has 4 aromatic heterocycles. The zero-order valence-corrected chi connectivity index (χ0v) is 15.1. The number of carbonyl (C=O) groups is 1. The highest BCUT2D eigenvalue weighted by atomic mass is 16.3. The maximum Gasteiger partial charge on any atom is 0.252 e. The van der Waals surface area contributed by atoms with E-state index in [2.05, 4.69) is 20.4 Å². The quantitative estimate of drug-likeness (QED) is 0.587. The highest BCUT2D eigenvalue weighted by molar-refractivity contribution is 6.06. The molecule has 0 aliphatic rings. The minimum absolute atomic E-state index is 0.120. The van der Waals surface area contributed by atoms with E-state index in [1.165, 1.54) is 0 Å². The van der Waals surface area contributed by atoms with E-state index in [4.69, 9.17) is 4.42 Å². The van der Waals surface area contributed by atoms with Gasteiger partial charge in [-0.3, -0.25) is 9.78 Å². The van der Waals surface area contributed by atoms with E-state index in [0.29, 0.717) is 34.6 Å². The Bertz CT molecular complexity index is 1070. The lowest BCUT2D eigenvalue weighted by atomic mass is 10.1. The number of furan rings is 1. The first-order valence-corrected chi connectivity index (χ1v) is 8.72. The van der Waals surface area contributed by atoms with Crippen LogP contribution in [0, 0.1) is 0 Å². The fraction of sp³-hybridized carbons (Fsp3) is 0.200. The van der Waals surface area contributed by atoms with E-state index in [1.54, 1.807) is 41.7 Å². The van der Waals surface area contributed by atoms with Crippen LogP contribution in [0.4, 0.5) is 0 Å². The lowest BCUT2D eigenvalue weighted by molar-refractivity contribution is 0.0952. The topological polar surface area (TPSA) is 85.8 Å². The second-order valence-electron chi connectivity index (χ2n) is 6.49. The Kier molecular flexibility index (Phi) is 4.42. The molecule has 4 rings (SSSR count). The highest BCUT2D eigenvalue weighted by Crippen LogP contribution is 2.26. The molecule has 7 heteroatoms. The maximum atomic E-state index is 12.9. The zero-order chi connectivity index (χ0) is 18.8. The van der Waals surface area contributed by atoms with E-state index < -0.39 is 0 Å². The summed E-state index contributed by atoms with van der Waals surface area (Å²) >= 11 is 0. The second kappa shape index (κ2) is 7.03. The minimum Gasteiger partial charge on any atom is -0.463 e. The summed E-state index contributed by atoms with van der Waals surface area (Å²) in [6, 6.07) is 9.22. The van der Waals surface area contributed by atoms with Gasteiger partial charge in [-0.2, -0.15) is 5.10 Å². The molecule has 136 valence electrons. The number of fused-ring (bicyclic) bond motifs is 1. The molecule has 4 heterocycles. The third-order valence-corrected chi connectivity index (χ3v) is 4.28. The summed E-state index contributed by atoms with van der Waals surface area (Å²) in [7, 11) is 0. The monoisotopic (exact) mass is 361 g/mol. The number of aromatic nitrogens is 4. The van der Waals surface area contributed by atoms with Crippen LogP contribution in [-0.2, 0) is 6.54 Å². The summed E-state index contributed by atoms with van der Waals surface area (Å²) in [4.78, 5) is 21.6. The van der Waals surface area contributed by atoms with E-state index in [9.17, 15) is 4.79 Å². The predicted molar refractivity (Wildman–Crippen MR) is 101 cm³/mol. The van der Waals surface area contributed by atoms with Gasteiger partial charge in [0.05, 0.1) is 23.4 Å². The van der Waals surface area contributed by atoms with Gasteiger partial charge < -0.3 is 9.73 Å². The SMILES string of the molecule is CC(C)n1ncc2c(C(=O)NCc3ccncc3)cc(-c3ccco3)nc21. The Morgan fingerprint density at radius 1 is 1.26 bits per heavy atom. The third kappa shape index (κ3) is 3.31. The van der Waals surface area contributed by atoms with Crippen molar-refractivity contribution in [1.82, 2.24) is 25.1 Å². The van der Waals surface area contributed by atoms with Crippen molar-refractivity contribution in [3.8, 4) is 11.5 Å². The number of carbonyl (C=O) groups excluding carboxylic acids is 1. The van der Waals surface area contributed by atoms with Crippen molar-refractivity contribution >= 4 is 16.9 Å². The minimum atomic E-state index is -0.185. The lowest BCUT2D eigenvalue weighted by Crippen LogP contribution is -2.23. The fourth-order valence-electron chi connectivity index (χ4n) is 2.91. The van der Waals surface area contributed by atoms with E-state index in [1.807, 2.05) is 32.0 Å². The number of nitrogens with one attached hydrogen (secondary N) is 1. The van der Waals surface area contributed by atoms with Gasteiger partial charge >= 0.3 is 0 Å². The zero-order valence-electron chi connectivity index (χ0n) is 15.1. The van der Waals surface area contributed by atoms with Crippen LogP contribution in [0.25, 0.3) is 22.5 Å². The number of hydrogen-bond acceptors (Lipinski definition) is 5. The highest BCUT2D eigenvalue weighted by Gasteiger charge is 2.19. The molecule has 0 aromatic carbocycles. The fourth-order valence-corrected chi connectivity index (χ4v) is 2.91. The molecule has 27 heavy (non-hydrogen) atoms. The third-order valence-electron chi connectivity index (χ3n) is 4.28. The normalized spacial score (nSPS) is 11.2. The van der Waals surface area contributed by atoms with Crippen LogP contribution in [0.5, 0.6) is 0 Å². The van der Waals surface area contributed by atoms with E-state index in [0.717, 1.165) is 5.56 Å². The first-order chi connectivity index (χ1) is 13.1. The van der Waals surface area contributed by atoms with Gasteiger partial charge in [0.1, 0.15) is 5.69 Å². The largest absolute Gasteiger partial charge is 0.463 e. The molecule has 0 aliphatic carbocycles. The van der Waals surface area contributed by atoms with Gasteiger partial charge in [0, 0.05) is 25.0 Å². The molecule has 1 amide bonds. The number of amides is 1. The Morgan fingerprint density at radius 2 is 2.07 bits per heavy atom. The van der Waals surface area contributed by atoms with Crippen molar-refractivity contribution in [2.45, 2.75) is 26.4 Å². The maximum absolute atomic E-state index is 12.9. The molecular formula is C20H19N5O2. The molecule has 0 saturated carbocycles. The summed E-state index contributed by atoms with van der Waals surface area (Å²) in [6.07, 6.45) is 6.68. The standard InChI is InChI=1S/C20H19N5O2/c1-13(2)25-19-16(12-23-25)15(10-17(24-19)18-4-3-9-27-18)20(26)22-11-14-5-7-21-8-6-14/h3-10,12-13H,11H2,1-2H3,(H,22,26). The van der Waals surface area contributed by atoms with Crippen LogP contribution in [0.1, 0.15) is 35.8 Å². The van der Waals surface area contributed by atoms with Crippen LogP contribution < -0.4 is 5.32 Å². The molecular weight excluding hydrogens is 342 g/mol. The summed E-state index contributed by atoms with van der Waals surface area (Å²) in [5.41, 5.74) is 2.76. The summed E-state index contributed by atoms with van der Waals surface area (Å²) in [5, 5.41) is 8.08. The van der Waals surface area contributed by atoms with Crippen LogP contribution >= 0.6 is 0 Å². The van der Waals surface area contributed by atoms with Crippen molar-refractivity contribution < 1.29 is 9.21 Å². The number of nitrogens with zero attached hydrogens (tertiary/aromatic N) is 4. The van der Waals surface area contributed by atoms with Crippen molar-refractivity contribution in [3.63, 3.8) is 0 Å². The average Bonchev–Trinajstić information content (AvgIpc) is 3.35. The molecule has 0 fully saturated rings. The summed E-state index contributed by atoms with van der Waals surface area (Å²) in [5.74, 6) is 0.423. The van der Waals surface area contributed by atoms with Crippen molar-refractivity contribution in [2.75, 3.05) is 0 Å². The van der Waals surface area contributed by atoms with Gasteiger partial charge in [0.2, 0.25) is 0 Å². The molecule has 4 aromatic rings. The molecule has 0 unspecified atom stereocenters. The Balaban J connectivity index is 1.75. The Labute approximate surface area is 156 Å². The first kappa shape index (κ1) is 17.0. The van der Waals surface area contributed by atoms with Crippen LogP contribution in [-0.4, -0.2) is 25.7 Å².